The van der Waals surface area contributed by atoms with E-state index < -0.39 is 10.7 Å². The first-order valence-electron chi connectivity index (χ1n) is 5.25. The Morgan fingerprint density at radius 2 is 2.32 bits per heavy atom. The van der Waals surface area contributed by atoms with Gasteiger partial charge < -0.3 is 5.32 Å². The lowest BCUT2D eigenvalue weighted by molar-refractivity contribution is -0.384. The number of halogens is 2. The maximum atomic E-state index is 13.3. The van der Waals surface area contributed by atoms with Crippen LogP contribution in [0.4, 0.5) is 15.8 Å². The molecule has 100 valence electrons. The standard InChI is InChI=1S/C11H9ClFN3O2S/c1-6-5-19-11(15-6)4-14-9-3-8(13)7(12)2-10(9)16(17)18/h2-3,5,14H,4H2,1H3. The average molecular weight is 302 g/mol. The lowest BCUT2D eigenvalue weighted by Crippen LogP contribution is -2.03. The summed E-state index contributed by atoms with van der Waals surface area (Å²) in [5, 5.41) is 16.0. The molecule has 1 heterocycles. The van der Waals surface area contributed by atoms with Gasteiger partial charge in [0.2, 0.25) is 0 Å². The van der Waals surface area contributed by atoms with Crippen LogP contribution in [0.1, 0.15) is 10.7 Å². The molecule has 1 aromatic heterocycles. The fourth-order valence-corrected chi connectivity index (χ4v) is 2.35. The Labute approximate surface area is 117 Å². The third-order valence-electron chi connectivity index (χ3n) is 2.33. The largest absolute Gasteiger partial charge is 0.373 e. The van der Waals surface area contributed by atoms with Crippen molar-refractivity contribution in [3.8, 4) is 0 Å². The minimum atomic E-state index is -0.704. The van der Waals surface area contributed by atoms with Gasteiger partial charge in [-0.3, -0.25) is 10.1 Å². The first-order valence-corrected chi connectivity index (χ1v) is 6.51. The number of rotatable bonds is 4. The van der Waals surface area contributed by atoms with E-state index in [1.807, 2.05) is 12.3 Å². The number of nitrogens with one attached hydrogen (secondary N) is 1. The van der Waals surface area contributed by atoms with Gasteiger partial charge in [0.1, 0.15) is 16.5 Å². The van der Waals surface area contributed by atoms with Gasteiger partial charge in [0.25, 0.3) is 5.69 Å². The lowest BCUT2D eigenvalue weighted by Gasteiger charge is -2.06. The second-order valence-corrected chi connectivity index (χ2v) is 5.13. The maximum Gasteiger partial charge on any atom is 0.294 e. The van der Waals surface area contributed by atoms with Crippen molar-refractivity contribution < 1.29 is 9.31 Å². The van der Waals surface area contributed by atoms with Gasteiger partial charge in [0.05, 0.1) is 16.5 Å². The average Bonchev–Trinajstić information content (AvgIpc) is 2.76. The molecule has 0 unspecified atom stereocenters. The highest BCUT2D eigenvalue weighted by Crippen LogP contribution is 2.30. The summed E-state index contributed by atoms with van der Waals surface area (Å²) >= 11 is 6.96. The Morgan fingerprint density at radius 1 is 1.58 bits per heavy atom. The molecule has 0 saturated heterocycles. The summed E-state index contributed by atoms with van der Waals surface area (Å²) in [6, 6.07) is 2.01. The van der Waals surface area contributed by atoms with E-state index in [9.17, 15) is 14.5 Å². The zero-order valence-electron chi connectivity index (χ0n) is 9.81. The molecule has 2 aromatic rings. The Hall–Kier alpha value is -1.73. The van der Waals surface area contributed by atoms with Crippen molar-refractivity contribution in [1.29, 1.82) is 0 Å². The van der Waals surface area contributed by atoms with Crippen LogP contribution in [0.5, 0.6) is 0 Å². The molecule has 0 aliphatic heterocycles. The van der Waals surface area contributed by atoms with E-state index in [4.69, 9.17) is 11.6 Å². The minimum absolute atomic E-state index is 0.0831. The fraction of sp³-hybridized carbons (Fsp3) is 0.182. The number of nitrogens with zero attached hydrogens (tertiary/aromatic N) is 2. The van der Waals surface area contributed by atoms with Crippen molar-refractivity contribution in [2.45, 2.75) is 13.5 Å². The minimum Gasteiger partial charge on any atom is -0.373 e. The van der Waals surface area contributed by atoms with Gasteiger partial charge in [-0.1, -0.05) is 11.6 Å². The third-order valence-corrected chi connectivity index (χ3v) is 3.59. The number of aromatic nitrogens is 1. The second-order valence-electron chi connectivity index (χ2n) is 3.78. The third kappa shape index (κ3) is 3.18. The van der Waals surface area contributed by atoms with Crippen molar-refractivity contribution in [2.75, 3.05) is 5.32 Å². The smallest absolute Gasteiger partial charge is 0.294 e. The number of hydrogen-bond donors (Lipinski definition) is 1. The van der Waals surface area contributed by atoms with Crippen LogP contribution in [0.2, 0.25) is 5.02 Å². The molecule has 0 saturated carbocycles. The molecular formula is C11H9ClFN3O2S. The van der Waals surface area contributed by atoms with E-state index in [1.54, 1.807) is 0 Å². The monoisotopic (exact) mass is 301 g/mol. The normalized spacial score (nSPS) is 10.5. The van der Waals surface area contributed by atoms with Crippen LogP contribution >= 0.6 is 22.9 Å². The van der Waals surface area contributed by atoms with E-state index in [1.165, 1.54) is 11.3 Å². The molecule has 0 aliphatic rings. The summed E-state index contributed by atoms with van der Waals surface area (Å²) in [5.74, 6) is -0.704. The van der Waals surface area contributed by atoms with Crippen molar-refractivity contribution in [2.24, 2.45) is 0 Å². The van der Waals surface area contributed by atoms with Crippen molar-refractivity contribution in [3.63, 3.8) is 0 Å². The quantitative estimate of drug-likeness (QED) is 0.689. The Kier molecular flexibility index (Phi) is 3.96. The van der Waals surface area contributed by atoms with E-state index in [2.05, 4.69) is 10.3 Å². The molecule has 0 spiro atoms. The lowest BCUT2D eigenvalue weighted by atomic mass is 10.2. The molecule has 0 amide bonds. The molecule has 19 heavy (non-hydrogen) atoms. The first-order chi connectivity index (χ1) is 8.97. The van der Waals surface area contributed by atoms with Crippen molar-refractivity contribution in [3.05, 3.63) is 49.2 Å². The number of hydrogen-bond acceptors (Lipinski definition) is 5. The second kappa shape index (κ2) is 5.50. The van der Waals surface area contributed by atoms with Crippen LogP contribution in [0.3, 0.4) is 0 Å². The SMILES string of the molecule is Cc1csc(CNc2cc(F)c(Cl)cc2[N+](=O)[O-])n1. The molecule has 5 nitrogen and oxygen atoms in total. The predicted octanol–water partition coefficient (Wildman–Crippen LogP) is 3.76. The molecule has 8 heteroatoms. The van der Waals surface area contributed by atoms with Gasteiger partial charge in [0.15, 0.2) is 0 Å². The highest BCUT2D eigenvalue weighted by Gasteiger charge is 2.17. The van der Waals surface area contributed by atoms with Gasteiger partial charge >= 0.3 is 0 Å². The molecule has 0 fully saturated rings. The van der Waals surface area contributed by atoms with Crippen LogP contribution in [0, 0.1) is 22.9 Å². The van der Waals surface area contributed by atoms with Crippen LogP contribution in [0.25, 0.3) is 0 Å². The Bertz CT molecular complexity index is 632. The highest BCUT2D eigenvalue weighted by atomic mass is 35.5. The van der Waals surface area contributed by atoms with Gasteiger partial charge in [0, 0.05) is 23.2 Å². The first kappa shape index (κ1) is 13.7. The van der Waals surface area contributed by atoms with Crippen LogP contribution in [0.15, 0.2) is 17.5 Å². The fourth-order valence-electron chi connectivity index (χ4n) is 1.48. The zero-order chi connectivity index (χ0) is 14.0. The van der Waals surface area contributed by atoms with Gasteiger partial charge in [-0.25, -0.2) is 9.37 Å². The van der Waals surface area contributed by atoms with Gasteiger partial charge in [-0.05, 0) is 6.92 Å². The summed E-state index contributed by atoms with van der Waals surface area (Å²) in [6.07, 6.45) is 0. The highest BCUT2D eigenvalue weighted by molar-refractivity contribution is 7.09. The summed E-state index contributed by atoms with van der Waals surface area (Å²) in [6.45, 7) is 2.14. The van der Waals surface area contributed by atoms with E-state index in [0.717, 1.165) is 22.8 Å². The Balaban J connectivity index is 2.23. The van der Waals surface area contributed by atoms with Gasteiger partial charge in [-0.2, -0.15) is 0 Å². The molecule has 1 aromatic carbocycles. The van der Waals surface area contributed by atoms with E-state index >= 15 is 0 Å². The summed E-state index contributed by atoms with van der Waals surface area (Å²) in [7, 11) is 0. The number of anilines is 1. The van der Waals surface area contributed by atoms with Crippen LogP contribution < -0.4 is 5.32 Å². The zero-order valence-corrected chi connectivity index (χ0v) is 11.4. The molecule has 2 rings (SSSR count). The number of nitro groups is 1. The van der Waals surface area contributed by atoms with Crippen molar-refractivity contribution >= 4 is 34.3 Å². The molecule has 0 aliphatic carbocycles. The Morgan fingerprint density at radius 3 is 2.89 bits per heavy atom. The maximum absolute atomic E-state index is 13.3. The van der Waals surface area contributed by atoms with E-state index in [0.29, 0.717) is 6.54 Å². The van der Waals surface area contributed by atoms with Crippen LogP contribution in [-0.2, 0) is 6.54 Å². The summed E-state index contributed by atoms with van der Waals surface area (Å²) < 4.78 is 13.3. The molecular weight excluding hydrogens is 293 g/mol. The van der Waals surface area contributed by atoms with Gasteiger partial charge in [-0.15, -0.1) is 11.3 Å². The van der Waals surface area contributed by atoms with Crippen molar-refractivity contribution in [1.82, 2.24) is 4.98 Å². The molecule has 0 bridgehead atoms. The summed E-state index contributed by atoms with van der Waals surface area (Å²) in [4.78, 5) is 14.5. The molecule has 0 radical (unpaired) electrons. The molecule has 0 atom stereocenters. The molecule has 1 N–H and O–H groups in total. The van der Waals surface area contributed by atoms with E-state index in [-0.39, 0.29) is 16.4 Å². The number of thiazole rings is 1. The summed E-state index contributed by atoms with van der Waals surface area (Å²) in [5.41, 5.74) is 0.693. The number of benzene rings is 1. The number of aryl methyl sites for hydroxylation is 1. The topological polar surface area (TPSA) is 68.1 Å². The predicted molar refractivity (Wildman–Crippen MR) is 72.2 cm³/mol. The number of nitro benzene ring substituents is 1. The van der Waals surface area contributed by atoms with Crippen LogP contribution in [-0.4, -0.2) is 9.91 Å².